The number of nitrogens with two attached hydrogens (primary N) is 1. The van der Waals surface area contributed by atoms with Crippen LogP contribution in [0.2, 0.25) is 0 Å². The number of ether oxygens (including phenoxy) is 1. The fraction of sp³-hybridized carbons (Fsp3) is 0.294. The highest BCUT2D eigenvalue weighted by atomic mass is 16.5. The minimum atomic E-state index is 0.759. The minimum Gasteiger partial charge on any atom is -0.496 e. The number of nitrogens with zero attached hydrogens (tertiary/aromatic N) is 1. The summed E-state index contributed by atoms with van der Waals surface area (Å²) < 4.78 is 5.40. The van der Waals surface area contributed by atoms with Gasteiger partial charge in [0.25, 0.3) is 0 Å². The maximum Gasteiger partial charge on any atom is 0.123 e. The molecule has 2 rings (SSSR count). The van der Waals surface area contributed by atoms with Gasteiger partial charge < -0.3 is 15.4 Å². The van der Waals surface area contributed by atoms with E-state index in [4.69, 9.17) is 10.5 Å². The van der Waals surface area contributed by atoms with E-state index in [-0.39, 0.29) is 0 Å². The summed E-state index contributed by atoms with van der Waals surface area (Å²) in [6, 6.07) is 12.3. The quantitative estimate of drug-likeness (QED) is 0.864. The van der Waals surface area contributed by atoms with Crippen LogP contribution in [0.1, 0.15) is 16.7 Å². The highest BCUT2D eigenvalue weighted by Crippen LogP contribution is 2.25. The molecular formula is C17H22N2O. The molecule has 0 bridgehead atoms. The topological polar surface area (TPSA) is 38.5 Å². The Morgan fingerprint density at radius 3 is 2.30 bits per heavy atom. The average molecular weight is 270 g/mol. The fourth-order valence-electron chi connectivity index (χ4n) is 2.44. The van der Waals surface area contributed by atoms with E-state index in [0.717, 1.165) is 23.5 Å². The van der Waals surface area contributed by atoms with Gasteiger partial charge in [0.2, 0.25) is 0 Å². The maximum absolute atomic E-state index is 5.87. The van der Waals surface area contributed by atoms with E-state index in [2.05, 4.69) is 44.0 Å². The summed E-state index contributed by atoms with van der Waals surface area (Å²) in [5.41, 5.74) is 11.5. The predicted molar refractivity (Wildman–Crippen MR) is 85.4 cm³/mol. The molecule has 0 heterocycles. The summed E-state index contributed by atoms with van der Waals surface area (Å²) in [6.07, 6.45) is 0. The van der Waals surface area contributed by atoms with Gasteiger partial charge in [-0.15, -0.1) is 0 Å². The van der Waals surface area contributed by atoms with Gasteiger partial charge >= 0.3 is 0 Å². The van der Waals surface area contributed by atoms with Gasteiger partial charge in [0, 0.05) is 30.5 Å². The molecule has 2 aromatic carbocycles. The molecule has 0 aliphatic rings. The fourth-order valence-corrected chi connectivity index (χ4v) is 2.44. The number of rotatable bonds is 4. The number of methoxy groups -OCH3 is 1. The van der Waals surface area contributed by atoms with Crippen molar-refractivity contribution in [3.8, 4) is 5.75 Å². The molecule has 3 nitrogen and oxygen atoms in total. The Morgan fingerprint density at radius 1 is 1.05 bits per heavy atom. The smallest absolute Gasteiger partial charge is 0.123 e. The lowest BCUT2D eigenvalue weighted by Gasteiger charge is -2.22. The predicted octanol–water partition coefficient (Wildman–Crippen LogP) is 3.53. The summed E-state index contributed by atoms with van der Waals surface area (Å²) in [4.78, 5) is 2.21. The lowest BCUT2D eigenvalue weighted by molar-refractivity contribution is 0.409. The van der Waals surface area contributed by atoms with E-state index in [1.165, 1.54) is 16.8 Å². The molecule has 0 unspecified atom stereocenters. The van der Waals surface area contributed by atoms with Gasteiger partial charge in [-0.25, -0.2) is 0 Å². The molecule has 0 saturated heterocycles. The number of hydrogen-bond acceptors (Lipinski definition) is 3. The molecule has 0 aromatic heterocycles. The average Bonchev–Trinajstić information content (AvgIpc) is 2.37. The van der Waals surface area contributed by atoms with Crippen LogP contribution in [0.5, 0.6) is 5.75 Å². The molecule has 0 fully saturated rings. The zero-order valence-corrected chi connectivity index (χ0v) is 12.6. The van der Waals surface area contributed by atoms with Crippen molar-refractivity contribution in [1.82, 2.24) is 0 Å². The van der Waals surface area contributed by atoms with Crippen molar-refractivity contribution < 1.29 is 4.74 Å². The first-order chi connectivity index (χ1) is 9.49. The van der Waals surface area contributed by atoms with Crippen LogP contribution >= 0.6 is 0 Å². The number of nitrogen functional groups attached to an aromatic ring is 1. The highest BCUT2D eigenvalue weighted by molar-refractivity contribution is 5.53. The standard InChI is InChI=1S/C17H22N2O/c1-12-7-13(2)9-16(8-12)19(3)11-14-10-15(18)5-6-17(14)20-4/h5-10H,11,18H2,1-4H3. The number of anilines is 2. The Morgan fingerprint density at radius 2 is 1.70 bits per heavy atom. The molecule has 20 heavy (non-hydrogen) atoms. The van der Waals surface area contributed by atoms with E-state index in [1.54, 1.807) is 7.11 Å². The van der Waals surface area contributed by atoms with Crippen LogP contribution in [0.4, 0.5) is 11.4 Å². The van der Waals surface area contributed by atoms with Crippen LogP contribution in [0.15, 0.2) is 36.4 Å². The molecular weight excluding hydrogens is 248 g/mol. The Labute approximate surface area is 121 Å². The molecule has 106 valence electrons. The second-order valence-electron chi connectivity index (χ2n) is 5.27. The molecule has 0 saturated carbocycles. The SMILES string of the molecule is COc1ccc(N)cc1CN(C)c1cc(C)cc(C)c1. The summed E-state index contributed by atoms with van der Waals surface area (Å²) in [5.74, 6) is 0.871. The highest BCUT2D eigenvalue weighted by Gasteiger charge is 2.08. The molecule has 2 aromatic rings. The van der Waals surface area contributed by atoms with E-state index >= 15 is 0 Å². The molecule has 0 spiro atoms. The molecule has 3 heteroatoms. The van der Waals surface area contributed by atoms with Crippen LogP contribution in [-0.4, -0.2) is 14.2 Å². The maximum atomic E-state index is 5.87. The van der Waals surface area contributed by atoms with Crippen molar-refractivity contribution in [1.29, 1.82) is 0 Å². The monoisotopic (exact) mass is 270 g/mol. The summed E-state index contributed by atoms with van der Waals surface area (Å²) in [7, 11) is 3.77. The molecule has 0 aliphatic carbocycles. The van der Waals surface area contributed by atoms with Crippen molar-refractivity contribution in [2.75, 3.05) is 24.8 Å². The first-order valence-electron chi connectivity index (χ1n) is 6.71. The Bertz CT molecular complexity index is 588. The first-order valence-corrected chi connectivity index (χ1v) is 6.71. The van der Waals surface area contributed by atoms with E-state index in [0.29, 0.717) is 0 Å². The Kier molecular flexibility index (Phi) is 4.18. The molecule has 0 amide bonds. The van der Waals surface area contributed by atoms with Crippen molar-refractivity contribution in [2.45, 2.75) is 20.4 Å². The summed E-state index contributed by atoms with van der Waals surface area (Å²) >= 11 is 0. The van der Waals surface area contributed by atoms with Gasteiger partial charge in [0.15, 0.2) is 0 Å². The van der Waals surface area contributed by atoms with Gasteiger partial charge in [-0.2, -0.15) is 0 Å². The van der Waals surface area contributed by atoms with Gasteiger partial charge in [-0.3, -0.25) is 0 Å². The van der Waals surface area contributed by atoms with Crippen LogP contribution in [-0.2, 0) is 6.54 Å². The Balaban J connectivity index is 2.27. The van der Waals surface area contributed by atoms with Crippen molar-refractivity contribution in [3.05, 3.63) is 53.1 Å². The largest absolute Gasteiger partial charge is 0.496 e. The van der Waals surface area contributed by atoms with Crippen LogP contribution < -0.4 is 15.4 Å². The zero-order valence-electron chi connectivity index (χ0n) is 12.6. The van der Waals surface area contributed by atoms with Gasteiger partial charge in [0.05, 0.1) is 7.11 Å². The van der Waals surface area contributed by atoms with Crippen LogP contribution in [0, 0.1) is 13.8 Å². The van der Waals surface area contributed by atoms with Gasteiger partial charge in [-0.05, 0) is 55.3 Å². The van der Waals surface area contributed by atoms with Crippen molar-refractivity contribution >= 4 is 11.4 Å². The minimum absolute atomic E-state index is 0.759. The van der Waals surface area contributed by atoms with Crippen molar-refractivity contribution in [3.63, 3.8) is 0 Å². The molecule has 2 N–H and O–H groups in total. The third-order valence-electron chi connectivity index (χ3n) is 3.36. The number of hydrogen-bond donors (Lipinski definition) is 1. The molecule has 0 radical (unpaired) electrons. The normalized spacial score (nSPS) is 10.4. The second-order valence-corrected chi connectivity index (χ2v) is 5.27. The Hall–Kier alpha value is -2.16. The molecule has 0 aliphatic heterocycles. The van der Waals surface area contributed by atoms with Gasteiger partial charge in [-0.1, -0.05) is 6.07 Å². The van der Waals surface area contributed by atoms with E-state index in [1.807, 2.05) is 18.2 Å². The zero-order chi connectivity index (χ0) is 14.7. The lowest BCUT2D eigenvalue weighted by Crippen LogP contribution is -2.17. The second kappa shape index (κ2) is 5.87. The van der Waals surface area contributed by atoms with Crippen LogP contribution in [0.25, 0.3) is 0 Å². The summed E-state index contributed by atoms with van der Waals surface area (Å²) in [6.45, 7) is 4.99. The van der Waals surface area contributed by atoms with Gasteiger partial charge in [0.1, 0.15) is 5.75 Å². The number of aryl methyl sites for hydroxylation is 2. The summed E-state index contributed by atoms with van der Waals surface area (Å²) in [5, 5.41) is 0. The third-order valence-corrected chi connectivity index (χ3v) is 3.36. The van der Waals surface area contributed by atoms with Crippen LogP contribution in [0.3, 0.4) is 0 Å². The molecule has 0 atom stereocenters. The van der Waals surface area contributed by atoms with Crippen molar-refractivity contribution in [2.24, 2.45) is 0 Å². The first kappa shape index (κ1) is 14.3. The van der Waals surface area contributed by atoms with E-state index < -0.39 is 0 Å². The third kappa shape index (κ3) is 3.23. The van der Waals surface area contributed by atoms with E-state index in [9.17, 15) is 0 Å². The number of benzene rings is 2. The lowest BCUT2D eigenvalue weighted by atomic mass is 10.1.